The molecule has 20 heavy (non-hydrogen) atoms. The fourth-order valence-electron chi connectivity index (χ4n) is 2.32. The predicted molar refractivity (Wildman–Crippen MR) is 76.0 cm³/mol. The van der Waals surface area contributed by atoms with Crippen molar-refractivity contribution in [1.82, 2.24) is 9.97 Å². The molecule has 2 unspecified atom stereocenters. The predicted octanol–water partition coefficient (Wildman–Crippen LogP) is 1.71. The van der Waals surface area contributed by atoms with Crippen LogP contribution >= 0.6 is 0 Å². The number of benzene rings is 1. The molecule has 0 radical (unpaired) electrons. The van der Waals surface area contributed by atoms with Gasteiger partial charge >= 0.3 is 0 Å². The molecule has 2 atom stereocenters. The van der Waals surface area contributed by atoms with E-state index in [2.05, 4.69) is 15.3 Å². The van der Waals surface area contributed by atoms with Gasteiger partial charge in [-0.25, -0.2) is 14.4 Å². The van der Waals surface area contributed by atoms with Gasteiger partial charge in [-0.05, 0) is 18.6 Å². The Morgan fingerprint density at radius 3 is 3.00 bits per heavy atom. The molecule has 1 aromatic carbocycles. The third kappa shape index (κ3) is 2.33. The standard InChI is InChI=1S/C13H14FN3O2S/c1-19-10-3-2-9-12(11(10)14)15-7-16-13(9)17-8-4-5-20(18)6-8/h2-3,7-8H,4-6H2,1H3,(H,15,16,17). The van der Waals surface area contributed by atoms with Gasteiger partial charge in [0.1, 0.15) is 17.7 Å². The molecule has 1 saturated heterocycles. The van der Waals surface area contributed by atoms with Gasteiger partial charge in [0.15, 0.2) is 11.6 Å². The first-order chi connectivity index (χ1) is 9.69. The number of methoxy groups -OCH3 is 1. The lowest BCUT2D eigenvalue weighted by molar-refractivity contribution is 0.388. The zero-order valence-electron chi connectivity index (χ0n) is 10.9. The summed E-state index contributed by atoms with van der Waals surface area (Å²) in [5, 5.41) is 3.83. The van der Waals surface area contributed by atoms with Gasteiger partial charge in [0.05, 0.1) is 7.11 Å². The van der Waals surface area contributed by atoms with Gasteiger partial charge in [-0.1, -0.05) is 0 Å². The van der Waals surface area contributed by atoms with E-state index in [1.807, 2.05) is 0 Å². The van der Waals surface area contributed by atoms with Crippen LogP contribution in [0.4, 0.5) is 10.2 Å². The Kier molecular flexibility index (Phi) is 3.52. The van der Waals surface area contributed by atoms with Crippen molar-refractivity contribution < 1.29 is 13.3 Å². The lowest BCUT2D eigenvalue weighted by atomic mass is 10.2. The van der Waals surface area contributed by atoms with Crippen LogP contribution < -0.4 is 10.1 Å². The summed E-state index contributed by atoms with van der Waals surface area (Å²) in [7, 11) is 0.645. The van der Waals surface area contributed by atoms with Crippen LogP contribution in [0.5, 0.6) is 5.75 Å². The summed E-state index contributed by atoms with van der Waals surface area (Å²) in [4.78, 5) is 8.14. The number of hydrogen-bond donors (Lipinski definition) is 1. The van der Waals surface area contributed by atoms with Gasteiger partial charge in [-0.2, -0.15) is 0 Å². The molecule has 0 aliphatic carbocycles. The van der Waals surface area contributed by atoms with Crippen LogP contribution in [0, 0.1) is 5.82 Å². The van der Waals surface area contributed by atoms with Crippen LogP contribution in [0.3, 0.4) is 0 Å². The maximum absolute atomic E-state index is 14.1. The third-order valence-corrected chi connectivity index (χ3v) is 4.82. The van der Waals surface area contributed by atoms with Crippen molar-refractivity contribution in [2.45, 2.75) is 12.5 Å². The second-order valence-corrected chi connectivity index (χ2v) is 6.26. The lowest BCUT2D eigenvalue weighted by Crippen LogP contribution is -2.20. The molecule has 1 aliphatic heterocycles. The van der Waals surface area contributed by atoms with E-state index in [-0.39, 0.29) is 17.3 Å². The Morgan fingerprint density at radius 1 is 1.45 bits per heavy atom. The zero-order chi connectivity index (χ0) is 14.1. The van der Waals surface area contributed by atoms with Crippen molar-refractivity contribution in [2.24, 2.45) is 0 Å². The molecule has 1 aromatic heterocycles. The van der Waals surface area contributed by atoms with Crippen molar-refractivity contribution >= 4 is 27.5 Å². The molecule has 5 nitrogen and oxygen atoms in total. The number of anilines is 1. The molecule has 0 saturated carbocycles. The number of ether oxygens (including phenoxy) is 1. The highest BCUT2D eigenvalue weighted by Gasteiger charge is 2.22. The second-order valence-electron chi connectivity index (χ2n) is 4.64. The van der Waals surface area contributed by atoms with Crippen molar-refractivity contribution in [3.63, 3.8) is 0 Å². The van der Waals surface area contributed by atoms with E-state index >= 15 is 0 Å². The topological polar surface area (TPSA) is 64.1 Å². The SMILES string of the molecule is COc1ccc2c(NC3CCS(=O)C3)ncnc2c1F. The Bertz CT molecular complexity index is 680. The molecule has 1 aliphatic rings. The average Bonchev–Trinajstić information content (AvgIpc) is 2.85. The van der Waals surface area contributed by atoms with E-state index in [0.29, 0.717) is 22.7 Å². The molecule has 1 N–H and O–H groups in total. The van der Waals surface area contributed by atoms with Crippen molar-refractivity contribution in [3.05, 3.63) is 24.3 Å². The van der Waals surface area contributed by atoms with Crippen molar-refractivity contribution in [2.75, 3.05) is 23.9 Å². The van der Waals surface area contributed by atoms with Gasteiger partial charge in [-0.3, -0.25) is 4.21 Å². The molecule has 2 heterocycles. The minimum Gasteiger partial charge on any atom is -0.494 e. The van der Waals surface area contributed by atoms with Gasteiger partial charge in [-0.15, -0.1) is 0 Å². The molecule has 0 amide bonds. The lowest BCUT2D eigenvalue weighted by Gasteiger charge is -2.14. The normalized spacial score (nSPS) is 22.1. The first-order valence-electron chi connectivity index (χ1n) is 6.27. The van der Waals surface area contributed by atoms with E-state index in [0.717, 1.165) is 6.42 Å². The second kappa shape index (κ2) is 5.32. The number of nitrogens with zero attached hydrogens (tertiary/aromatic N) is 2. The average molecular weight is 295 g/mol. The minimum absolute atomic E-state index is 0.110. The molecule has 7 heteroatoms. The number of aromatic nitrogens is 2. The number of nitrogens with one attached hydrogen (secondary N) is 1. The number of hydrogen-bond acceptors (Lipinski definition) is 5. The van der Waals surface area contributed by atoms with Crippen LogP contribution in [0.15, 0.2) is 18.5 Å². The summed E-state index contributed by atoms with van der Waals surface area (Å²) in [6.07, 6.45) is 2.15. The molecular weight excluding hydrogens is 281 g/mol. The molecule has 0 bridgehead atoms. The van der Waals surface area contributed by atoms with E-state index in [1.165, 1.54) is 13.4 Å². The van der Waals surface area contributed by atoms with E-state index in [4.69, 9.17) is 4.74 Å². The quantitative estimate of drug-likeness (QED) is 0.934. The molecule has 1 fully saturated rings. The van der Waals surface area contributed by atoms with Crippen molar-refractivity contribution in [3.8, 4) is 5.75 Å². The molecular formula is C13H14FN3O2S. The Balaban J connectivity index is 1.99. The van der Waals surface area contributed by atoms with Gasteiger partial charge < -0.3 is 10.1 Å². The third-order valence-electron chi connectivity index (χ3n) is 3.35. The Hall–Kier alpha value is -1.76. The van der Waals surface area contributed by atoms with E-state index < -0.39 is 16.6 Å². The summed E-state index contributed by atoms with van der Waals surface area (Å²) in [6.45, 7) is 0. The van der Waals surface area contributed by atoms with Gasteiger partial charge in [0.25, 0.3) is 0 Å². The first-order valence-corrected chi connectivity index (χ1v) is 7.76. The highest BCUT2D eigenvalue weighted by Crippen LogP contribution is 2.28. The van der Waals surface area contributed by atoms with Crippen LogP contribution in [0.2, 0.25) is 0 Å². The first kappa shape index (κ1) is 13.2. The largest absolute Gasteiger partial charge is 0.494 e. The van der Waals surface area contributed by atoms with E-state index in [9.17, 15) is 8.60 Å². The Morgan fingerprint density at radius 2 is 2.30 bits per heavy atom. The van der Waals surface area contributed by atoms with E-state index in [1.54, 1.807) is 12.1 Å². The highest BCUT2D eigenvalue weighted by molar-refractivity contribution is 7.85. The molecule has 2 aromatic rings. The van der Waals surface area contributed by atoms with Gasteiger partial charge in [0, 0.05) is 33.7 Å². The molecule has 106 valence electrons. The fraction of sp³-hybridized carbons (Fsp3) is 0.385. The summed E-state index contributed by atoms with van der Waals surface area (Å²) >= 11 is 0. The smallest absolute Gasteiger partial charge is 0.191 e. The maximum Gasteiger partial charge on any atom is 0.191 e. The fourth-order valence-corrected chi connectivity index (χ4v) is 3.73. The minimum atomic E-state index is -0.770. The number of halogens is 1. The highest BCUT2D eigenvalue weighted by atomic mass is 32.2. The molecule has 0 spiro atoms. The number of fused-ring (bicyclic) bond motifs is 1. The maximum atomic E-state index is 14.1. The summed E-state index contributed by atoms with van der Waals surface area (Å²) in [6, 6.07) is 3.39. The Labute approximate surface area is 118 Å². The zero-order valence-corrected chi connectivity index (χ0v) is 11.7. The monoisotopic (exact) mass is 295 g/mol. The molecule has 3 rings (SSSR count). The van der Waals surface area contributed by atoms with Crippen LogP contribution in [0.1, 0.15) is 6.42 Å². The van der Waals surface area contributed by atoms with Crippen molar-refractivity contribution in [1.29, 1.82) is 0 Å². The van der Waals surface area contributed by atoms with Crippen LogP contribution in [-0.4, -0.2) is 38.8 Å². The summed E-state index contributed by atoms with van der Waals surface area (Å²) in [5.74, 6) is 1.53. The van der Waals surface area contributed by atoms with Crippen LogP contribution in [-0.2, 0) is 10.8 Å². The van der Waals surface area contributed by atoms with Crippen LogP contribution in [0.25, 0.3) is 10.9 Å². The summed E-state index contributed by atoms with van der Waals surface area (Å²) < 4.78 is 30.5. The van der Waals surface area contributed by atoms with Gasteiger partial charge in [0.2, 0.25) is 0 Å². The number of rotatable bonds is 3. The summed E-state index contributed by atoms with van der Waals surface area (Å²) in [5.41, 5.74) is 0.223.